The maximum absolute atomic E-state index is 2.39. The summed E-state index contributed by atoms with van der Waals surface area (Å²) in [5.41, 5.74) is 0. The van der Waals surface area contributed by atoms with Crippen LogP contribution in [0.2, 0.25) is 5.04 Å². The van der Waals surface area contributed by atoms with Crippen LogP contribution in [0.5, 0.6) is 0 Å². The first-order valence-electron chi connectivity index (χ1n) is 6.64. The smallest absolute Gasteiger partial charge is 0.0110 e. The molecule has 0 nitrogen and oxygen atoms in total. The molecule has 0 aliphatic rings. The van der Waals surface area contributed by atoms with Crippen molar-refractivity contribution >= 4 is 10.2 Å². The molecule has 1 unspecified atom stereocenters. The minimum Gasteiger partial charge on any atom is -0.0654 e. The quantitative estimate of drug-likeness (QED) is 0.537. The van der Waals surface area contributed by atoms with Crippen molar-refractivity contribution < 1.29 is 0 Å². The van der Waals surface area contributed by atoms with E-state index in [2.05, 4.69) is 27.7 Å². The van der Waals surface area contributed by atoms with Crippen LogP contribution in [0.15, 0.2) is 0 Å². The zero-order valence-electron chi connectivity index (χ0n) is 11.0. The monoisotopic (exact) mass is 214 g/mol. The summed E-state index contributed by atoms with van der Waals surface area (Å²) < 4.78 is 0. The van der Waals surface area contributed by atoms with Crippen LogP contribution >= 0.6 is 0 Å². The van der Waals surface area contributed by atoms with Crippen LogP contribution in [0.4, 0.5) is 0 Å². The zero-order valence-corrected chi connectivity index (χ0v) is 13.0. The molecule has 1 heteroatoms. The van der Waals surface area contributed by atoms with Gasteiger partial charge in [-0.1, -0.05) is 72.6 Å². The molecule has 86 valence electrons. The molecule has 0 saturated heterocycles. The summed E-state index contributed by atoms with van der Waals surface area (Å²) in [6, 6.07) is 0. The molecule has 0 rings (SSSR count). The second kappa shape index (κ2) is 7.50. The fourth-order valence-electron chi connectivity index (χ4n) is 3.07. The highest BCUT2D eigenvalue weighted by atomic mass is 28.1. The Kier molecular flexibility index (Phi) is 7.62. The van der Waals surface area contributed by atoms with Crippen molar-refractivity contribution in [2.75, 3.05) is 0 Å². The van der Waals surface area contributed by atoms with Gasteiger partial charge in [-0.2, -0.15) is 0 Å². The standard InChI is InChI=1S/C13H30Si/c1-5-9-12(8-4)13(14,10-6-2)11-7-3/h12H,5-11H2,1-4,14H3. The predicted octanol–water partition coefficient (Wildman–Crippen LogP) is 3.94. The zero-order chi connectivity index (χ0) is 11.0. The fraction of sp³-hybridized carbons (Fsp3) is 1.00. The minimum atomic E-state index is 0.758. The molecule has 0 aromatic carbocycles. The number of rotatable bonds is 8. The van der Waals surface area contributed by atoms with E-state index in [0.29, 0.717) is 0 Å². The van der Waals surface area contributed by atoms with Crippen LogP contribution in [0.3, 0.4) is 0 Å². The predicted molar refractivity (Wildman–Crippen MR) is 71.1 cm³/mol. The Morgan fingerprint density at radius 2 is 1.43 bits per heavy atom. The van der Waals surface area contributed by atoms with Crippen LogP contribution < -0.4 is 0 Å². The summed E-state index contributed by atoms with van der Waals surface area (Å²) in [5, 5.41) is 0.758. The Labute approximate surface area is 94.3 Å². The third-order valence-electron chi connectivity index (χ3n) is 3.76. The second-order valence-electron chi connectivity index (χ2n) is 5.05. The van der Waals surface area contributed by atoms with Gasteiger partial charge in [0.2, 0.25) is 0 Å². The van der Waals surface area contributed by atoms with E-state index in [9.17, 15) is 0 Å². The van der Waals surface area contributed by atoms with Crippen molar-refractivity contribution in [3.63, 3.8) is 0 Å². The number of hydrogen-bond acceptors (Lipinski definition) is 0. The van der Waals surface area contributed by atoms with Crippen molar-refractivity contribution in [1.82, 2.24) is 0 Å². The lowest BCUT2D eigenvalue weighted by Gasteiger charge is -2.37. The molecule has 0 N–H and O–H groups in total. The van der Waals surface area contributed by atoms with E-state index in [1.165, 1.54) is 55.2 Å². The van der Waals surface area contributed by atoms with Crippen LogP contribution in [0, 0.1) is 5.92 Å². The van der Waals surface area contributed by atoms with Crippen molar-refractivity contribution in [1.29, 1.82) is 0 Å². The van der Waals surface area contributed by atoms with E-state index in [4.69, 9.17) is 0 Å². The molecule has 0 amide bonds. The first kappa shape index (κ1) is 14.2. The van der Waals surface area contributed by atoms with E-state index in [1.54, 1.807) is 0 Å². The number of hydrogen-bond donors (Lipinski definition) is 0. The van der Waals surface area contributed by atoms with E-state index < -0.39 is 0 Å². The molecule has 0 radical (unpaired) electrons. The summed E-state index contributed by atoms with van der Waals surface area (Å²) in [7, 11) is 1.39. The van der Waals surface area contributed by atoms with E-state index >= 15 is 0 Å². The molecule has 0 aliphatic carbocycles. The Hall–Kier alpha value is 0.217. The Morgan fingerprint density at radius 1 is 0.929 bits per heavy atom. The molecule has 0 fully saturated rings. The summed E-state index contributed by atoms with van der Waals surface area (Å²) >= 11 is 0. The molecule has 0 aliphatic heterocycles. The molecular formula is C13H30Si. The van der Waals surface area contributed by atoms with E-state index in [-0.39, 0.29) is 0 Å². The van der Waals surface area contributed by atoms with Crippen molar-refractivity contribution in [3.8, 4) is 0 Å². The third kappa shape index (κ3) is 4.16. The van der Waals surface area contributed by atoms with Gasteiger partial charge in [-0.25, -0.2) is 0 Å². The summed E-state index contributed by atoms with van der Waals surface area (Å²) in [6.07, 6.45) is 9.94. The fourth-order valence-corrected chi connectivity index (χ4v) is 4.77. The van der Waals surface area contributed by atoms with Crippen LogP contribution in [0.1, 0.15) is 72.6 Å². The van der Waals surface area contributed by atoms with Crippen LogP contribution in [-0.4, -0.2) is 10.2 Å². The Balaban J connectivity index is 4.39. The van der Waals surface area contributed by atoms with Crippen LogP contribution in [-0.2, 0) is 0 Å². The molecule has 0 aromatic rings. The highest BCUT2D eigenvalue weighted by molar-refractivity contribution is 6.15. The van der Waals surface area contributed by atoms with Gasteiger partial charge in [-0.15, -0.1) is 0 Å². The van der Waals surface area contributed by atoms with Crippen molar-refractivity contribution in [2.45, 2.75) is 77.7 Å². The normalized spacial score (nSPS) is 14.6. The largest absolute Gasteiger partial charge is 0.0654 e. The van der Waals surface area contributed by atoms with Gasteiger partial charge in [0.25, 0.3) is 0 Å². The van der Waals surface area contributed by atoms with Gasteiger partial charge >= 0.3 is 0 Å². The van der Waals surface area contributed by atoms with Crippen molar-refractivity contribution in [3.05, 3.63) is 0 Å². The molecular weight excluding hydrogens is 184 g/mol. The molecule has 0 saturated carbocycles. The Morgan fingerprint density at radius 3 is 1.71 bits per heavy atom. The highest BCUT2D eigenvalue weighted by Gasteiger charge is 2.30. The average Bonchev–Trinajstić information content (AvgIpc) is 2.14. The summed E-state index contributed by atoms with van der Waals surface area (Å²) in [4.78, 5) is 0. The second-order valence-corrected chi connectivity index (χ2v) is 7.04. The van der Waals surface area contributed by atoms with Crippen LogP contribution in [0.25, 0.3) is 0 Å². The molecule has 0 heterocycles. The highest BCUT2D eigenvalue weighted by Crippen LogP contribution is 2.45. The van der Waals surface area contributed by atoms with Crippen molar-refractivity contribution in [2.24, 2.45) is 5.92 Å². The molecule has 0 aromatic heterocycles. The first-order valence-corrected chi connectivity index (χ1v) is 7.64. The lowest BCUT2D eigenvalue weighted by Crippen LogP contribution is -2.23. The molecule has 0 bridgehead atoms. The lowest BCUT2D eigenvalue weighted by atomic mass is 9.79. The van der Waals surface area contributed by atoms with Gasteiger partial charge in [-0.3, -0.25) is 0 Å². The molecule has 0 spiro atoms. The third-order valence-corrected chi connectivity index (χ3v) is 5.57. The minimum absolute atomic E-state index is 0.758. The van der Waals surface area contributed by atoms with Gasteiger partial charge < -0.3 is 0 Å². The molecule has 1 atom stereocenters. The maximum Gasteiger partial charge on any atom is 0.0110 e. The maximum atomic E-state index is 2.39. The van der Waals surface area contributed by atoms with Gasteiger partial charge in [0.05, 0.1) is 0 Å². The Bertz CT molecular complexity index is 125. The average molecular weight is 214 g/mol. The van der Waals surface area contributed by atoms with Gasteiger partial charge in [0.15, 0.2) is 0 Å². The van der Waals surface area contributed by atoms with E-state index in [0.717, 1.165) is 11.0 Å². The van der Waals surface area contributed by atoms with Gasteiger partial charge in [0.1, 0.15) is 0 Å². The molecule has 14 heavy (non-hydrogen) atoms. The van der Waals surface area contributed by atoms with E-state index in [1.807, 2.05) is 0 Å². The first-order chi connectivity index (χ1) is 6.64. The topological polar surface area (TPSA) is 0 Å². The summed E-state index contributed by atoms with van der Waals surface area (Å²) in [6.45, 7) is 9.42. The summed E-state index contributed by atoms with van der Waals surface area (Å²) in [5.74, 6) is 1.01. The van der Waals surface area contributed by atoms with Gasteiger partial charge in [0, 0.05) is 10.2 Å². The lowest BCUT2D eigenvalue weighted by molar-refractivity contribution is 0.284. The SMILES string of the molecule is CCCC(CC)C([SiH3])(CCC)CCC. The van der Waals surface area contributed by atoms with Gasteiger partial charge in [-0.05, 0) is 11.0 Å².